The number of pyridine rings is 1. The normalized spacial score (nSPS) is 29.8. The van der Waals surface area contributed by atoms with Crippen LogP contribution in [-0.4, -0.2) is 77.1 Å². The predicted octanol–water partition coefficient (Wildman–Crippen LogP) is 4.80. The zero-order valence-electron chi connectivity index (χ0n) is 31.2. The summed E-state index contributed by atoms with van der Waals surface area (Å²) in [5, 5.41) is 7.61. The molecule has 5 atom stereocenters. The maximum Gasteiger partial charge on any atom is 0.259 e. The fraction of sp³-hybridized carbons (Fsp3) is 0.524. The van der Waals surface area contributed by atoms with Gasteiger partial charge in [0.05, 0.1) is 28.5 Å². The van der Waals surface area contributed by atoms with Crippen LogP contribution in [0.15, 0.2) is 66.7 Å². The van der Waals surface area contributed by atoms with Gasteiger partial charge in [-0.2, -0.15) is 0 Å². The number of ether oxygens (including phenoxy) is 1. The van der Waals surface area contributed by atoms with Crippen molar-refractivity contribution in [3.63, 3.8) is 0 Å². The summed E-state index contributed by atoms with van der Waals surface area (Å²) in [6.45, 7) is 4.37. The molecule has 12 heteroatoms. The van der Waals surface area contributed by atoms with Crippen molar-refractivity contribution < 1.29 is 27.5 Å². The number of amides is 3. The molecule has 286 valence electrons. The van der Waals surface area contributed by atoms with E-state index >= 15 is 0 Å². The van der Waals surface area contributed by atoms with E-state index in [0.717, 1.165) is 54.3 Å². The summed E-state index contributed by atoms with van der Waals surface area (Å²) in [5.41, 5.74) is 1.64. The quantitative estimate of drug-likeness (QED) is 0.292. The Labute approximate surface area is 317 Å². The Balaban J connectivity index is 1.11. The van der Waals surface area contributed by atoms with Gasteiger partial charge in [0.15, 0.2) is 0 Å². The molecule has 4 heterocycles. The molecule has 0 radical (unpaired) electrons. The monoisotopic (exact) mass is 753 g/mol. The molecule has 1 saturated heterocycles. The van der Waals surface area contributed by atoms with Gasteiger partial charge in [-0.25, -0.2) is 13.4 Å². The zero-order chi connectivity index (χ0) is 37.7. The van der Waals surface area contributed by atoms with E-state index in [9.17, 15) is 22.8 Å². The third-order valence-electron chi connectivity index (χ3n) is 12.5. The second-order valence-corrected chi connectivity index (χ2v) is 18.7. The Hall–Kier alpha value is -4.29. The molecule has 1 spiro atoms. The van der Waals surface area contributed by atoms with E-state index in [1.807, 2.05) is 55.5 Å². The van der Waals surface area contributed by atoms with Gasteiger partial charge in [-0.3, -0.25) is 19.1 Å². The largest absolute Gasteiger partial charge is 0.483 e. The molecule has 2 aliphatic carbocycles. The Morgan fingerprint density at radius 3 is 2.59 bits per heavy atom. The van der Waals surface area contributed by atoms with Gasteiger partial charge in [-0.05, 0) is 89.8 Å². The van der Waals surface area contributed by atoms with Crippen molar-refractivity contribution in [2.24, 2.45) is 5.92 Å². The Morgan fingerprint density at radius 2 is 1.80 bits per heavy atom. The minimum atomic E-state index is -3.94. The zero-order valence-corrected chi connectivity index (χ0v) is 32.1. The van der Waals surface area contributed by atoms with E-state index < -0.39 is 49.8 Å². The first-order chi connectivity index (χ1) is 25.9. The smallest absolute Gasteiger partial charge is 0.259 e. The van der Waals surface area contributed by atoms with Crippen LogP contribution in [0, 0.1) is 12.8 Å². The Kier molecular flexibility index (Phi) is 9.57. The first kappa shape index (κ1) is 36.7. The third-order valence-corrected chi connectivity index (χ3v) is 14.7. The van der Waals surface area contributed by atoms with Crippen LogP contribution in [0.5, 0.6) is 5.75 Å². The number of fused-ring (bicyclic) bond motifs is 5. The highest BCUT2D eigenvalue weighted by molar-refractivity contribution is 7.91. The second kappa shape index (κ2) is 14.1. The highest BCUT2D eigenvalue weighted by Gasteiger charge is 2.64. The number of hydrogen-bond donors (Lipinski definition) is 3. The fourth-order valence-corrected chi connectivity index (χ4v) is 10.0. The number of sulfonamides is 1. The lowest BCUT2D eigenvalue weighted by Gasteiger charge is -2.36. The van der Waals surface area contributed by atoms with Gasteiger partial charge in [-0.15, -0.1) is 0 Å². The summed E-state index contributed by atoms with van der Waals surface area (Å²) in [4.78, 5) is 50.0. The van der Waals surface area contributed by atoms with E-state index in [-0.39, 0.29) is 31.2 Å². The molecule has 8 rings (SSSR count). The van der Waals surface area contributed by atoms with Gasteiger partial charge in [0.2, 0.25) is 21.8 Å². The number of nitrogens with one attached hydrogen (secondary N) is 3. The minimum Gasteiger partial charge on any atom is -0.483 e. The standard InChI is InChI=1S/C42H51N5O6S/c1-28-36-32(31-16-11-12-17-33(31)44-28)19-21-41(53-36)26-35-37(48)45-42(39(50)46-54(51,52)40(2)22-23-40)25-30(42)15-9-4-3-5-10-18-34(38(49)47(35)27-41)43-24-20-29-13-7-6-8-14-29/h6-9,11-17,30,34-35,43H,3-5,10,18-27H2,1-2H3,(H,45,48)(H,46,50)/b15-9-/t30-,34+,35+,41-,42-/m1/s1. The van der Waals surface area contributed by atoms with E-state index in [4.69, 9.17) is 9.72 Å². The van der Waals surface area contributed by atoms with Crippen LogP contribution < -0.4 is 20.1 Å². The number of para-hydroxylation sites is 1. The molecule has 3 aliphatic heterocycles. The molecule has 0 bridgehead atoms. The van der Waals surface area contributed by atoms with Gasteiger partial charge in [-0.1, -0.05) is 73.5 Å². The number of aryl methyl sites for hydroxylation is 2. The number of allylic oxidation sites excluding steroid dienone is 1. The summed E-state index contributed by atoms with van der Waals surface area (Å²) in [5.74, 6) is -1.01. The number of carbonyl (C=O) groups is 3. The minimum absolute atomic E-state index is 0.161. The average Bonchev–Trinajstić information content (AvgIpc) is 4.05. The summed E-state index contributed by atoms with van der Waals surface area (Å²) in [7, 11) is -3.94. The van der Waals surface area contributed by atoms with Crippen LogP contribution in [0.2, 0.25) is 0 Å². The lowest BCUT2D eigenvalue weighted by atomic mass is 9.87. The predicted molar refractivity (Wildman–Crippen MR) is 206 cm³/mol. The first-order valence-corrected chi connectivity index (χ1v) is 21.1. The van der Waals surface area contributed by atoms with Gasteiger partial charge in [0.25, 0.3) is 5.91 Å². The van der Waals surface area contributed by atoms with Crippen LogP contribution >= 0.6 is 0 Å². The number of rotatable bonds is 7. The average molecular weight is 754 g/mol. The summed E-state index contributed by atoms with van der Waals surface area (Å²) >= 11 is 0. The highest BCUT2D eigenvalue weighted by atomic mass is 32.2. The molecule has 2 saturated carbocycles. The topological polar surface area (TPSA) is 147 Å². The van der Waals surface area contributed by atoms with E-state index in [1.165, 1.54) is 5.56 Å². The molecular formula is C42H51N5O6S. The van der Waals surface area contributed by atoms with Crippen LogP contribution in [0.25, 0.3) is 10.9 Å². The van der Waals surface area contributed by atoms with Gasteiger partial charge < -0.3 is 20.3 Å². The summed E-state index contributed by atoms with van der Waals surface area (Å²) in [6, 6.07) is 16.7. The van der Waals surface area contributed by atoms with Gasteiger partial charge in [0.1, 0.15) is 22.9 Å². The van der Waals surface area contributed by atoms with Gasteiger partial charge >= 0.3 is 0 Å². The SMILES string of the molecule is Cc1nc2ccccc2c2c1O[C@]1(CC2)C[C@H]2C(=O)N[C@]3(C(=O)NS(=O)(=O)C4(C)CC4)C[C@H]3/C=C\CCCCC[C@H](NCCc3ccccc3)C(=O)N2C1. The molecule has 3 fully saturated rings. The Morgan fingerprint density at radius 1 is 1.02 bits per heavy atom. The number of benzene rings is 2. The maximum atomic E-state index is 14.8. The first-order valence-electron chi connectivity index (χ1n) is 19.6. The number of carbonyl (C=O) groups excluding carboxylic acids is 3. The van der Waals surface area contributed by atoms with Crippen LogP contribution in [0.1, 0.15) is 88.0 Å². The van der Waals surface area contributed by atoms with Crippen molar-refractivity contribution in [2.75, 3.05) is 13.1 Å². The summed E-state index contributed by atoms with van der Waals surface area (Å²) in [6.07, 6.45) is 11.6. The van der Waals surface area contributed by atoms with E-state index in [1.54, 1.807) is 11.8 Å². The lowest BCUT2D eigenvalue weighted by Crippen LogP contribution is -2.58. The van der Waals surface area contributed by atoms with Gasteiger partial charge in [0, 0.05) is 23.3 Å². The van der Waals surface area contributed by atoms with Crippen LogP contribution in [0.4, 0.5) is 0 Å². The molecule has 3 N–H and O–H groups in total. The fourth-order valence-electron chi connectivity index (χ4n) is 8.73. The van der Waals surface area contributed by atoms with Crippen molar-refractivity contribution in [1.82, 2.24) is 25.2 Å². The molecule has 2 aromatic carbocycles. The number of hydrogen-bond acceptors (Lipinski definition) is 8. The summed E-state index contributed by atoms with van der Waals surface area (Å²) < 4.78 is 34.7. The molecule has 0 unspecified atom stereocenters. The highest BCUT2D eigenvalue weighted by Crippen LogP contribution is 2.49. The van der Waals surface area contributed by atoms with E-state index in [0.29, 0.717) is 44.4 Å². The number of nitrogens with zero attached hydrogens (tertiary/aromatic N) is 2. The molecule has 5 aliphatic rings. The van der Waals surface area contributed by atoms with Crippen LogP contribution in [-0.2, 0) is 37.2 Å². The van der Waals surface area contributed by atoms with Crippen LogP contribution in [0.3, 0.4) is 0 Å². The van der Waals surface area contributed by atoms with Crippen molar-refractivity contribution >= 4 is 38.6 Å². The van der Waals surface area contributed by atoms with Crippen molar-refractivity contribution in [1.29, 1.82) is 0 Å². The van der Waals surface area contributed by atoms with Crippen molar-refractivity contribution in [3.05, 3.63) is 83.6 Å². The molecule has 54 heavy (non-hydrogen) atoms. The molecule has 3 aromatic rings. The van der Waals surface area contributed by atoms with E-state index in [2.05, 4.69) is 33.6 Å². The van der Waals surface area contributed by atoms with Crippen molar-refractivity contribution in [2.45, 2.75) is 119 Å². The van der Waals surface area contributed by atoms with Crippen molar-refractivity contribution in [3.8, 4) is 5.75 Å². The maximum absolute atomic E-state index is 14.8. The third kappa shape index (κ3) is 6.91. The Bertz CT molecular complexity index is 2100. The number of aromatic nitrogens is 1. The second-order valence-electron chi connectivity index (χ2n) is 16.5. The molecule has 1 aromatic heterocycles. The molecular weight excluding hydrogens is 703 g/mol. The molecule has 11 nitrogen and oxygen atoms in total. The lowest BCUT2D eigenvalue weighted by molar-refractivity contribution is -0.141. The molecule has 3 amide bonds.